The zero-order chi connectivity index (χ0) is 12.7. The molecule has 1 amide bonds. The molecule has 1 saturated heterocycles. The topological polar surface area (TPSA) is 49.8 Å². The van der Waals surface area contributed by atoms with Crippen LogP contribution >= 0.6 is 23.8 Å². The molecule has 3 rings (SSSR count). The van der Waals surface area contributed by atoms with Crippen LogP contribution in [0.15, 0.2) is 18.2 Å². The van der Waals surface area contributed by atoms with Crippen molar-refractivity contribution in [3.05, 3.63) is 28.0 Å². The van der Waals surface area contributed by atoms with Gasteiger partial charge in [0.1, 0.15) is 6.04 Å². The fraction of sp³-hybridized carbons (Fsp3) is 0.333. The number of H-pyrrole nitrogens is 1. The molecule has 2 heterocycles. The van der Waals surface area contributed by atoms with Crippen LogP contribution in [0.4, 0.5) is 0 Å². The summed E-state index contributed by atoms with van der Waals surface area (Å²) in [5, 5.41) is 3.48. The second-order valence-electron chi connectivity index (χ2n) is 4.39. The molecule has 1 aliphatic rings. The highest BCUT2D eigenvalue weighted by Crippen LogP contribution is 2.29. The molecule has 94 valence electrons. The number of halogens is 1. The molecule has 0 bridgehead atoms. The molecule has 0 radical (unpaired) electrons. The van der Waals surface area contributed by atoms with Crippen molar-refractivity contribution in [2.75, 3.05) is 6.54 Å². The zero-order valence-corrected chi connectivity index (χ0v) is 11.1. The van der Waals surface area contributed by atoms with Crippen molar-refractivity contribution >= 4 is 40.8 Å². The Morgan fingerprint density at radius 2 is 2.28 bits per heavy atom. The standard InChI is InChI=1S/C12H12ClN3OS/c13-7-3-1-4-8-10(7)16(12(18)15-8)9-5-2-6-14-11(9)17/h1,3-4,9H,2,5-6H2,(H,14,17)(H,15,18). The quantitative estimate of drug-likeness (QED) is 0.790. The van der Waals surface area contributed by atoms with E-state index in [4.69, 9.17) is 23.8 Å². The Morgan fingerprint density at radius 3 is 3.06 bits per heavy atom. The van der Waals surface area contributed by atoms with Crippen molar-refractivity contribution in [2.24, 2.45) is 0 Å². The number of aromatic amines is 1. The van der Waals surface area contributed by atoms with Crippen LogP contribution in [-0.2, 0) is 4.79 Å². The van der Waals surface area contributed by atoms with Gasteiger partial charge in [-0.1, -0.05) is 17.7 Å². The number of aromatic nitrogens is 2. The molecule has 1 atom stereocenters. The highest BCUT2D eigenvalue weighted by molar-refractivity contribution is 7.71. The van der Waals surface area contributed by atoms with Gasteiger partial charge in [0.05, 0.1) is 16.1 Å². The first kappa shape index (κ1) is 11.7. The fourth-order valence-electron chi connectivity index (χ4n) is 2.44. The normalized spacial score (nSPS) is 20.1. The molecule has 1 fully saturated rings. The van der Waals surface area contributed by atoms with Crippen molar-refractivity contribution in [3.8, 4) is 0 Å². The number of amides is 1. The van der Waals surface area contributed by atoms with E-state index in [1.165, 1.54) is 0 Å². The van der Waals surface area contributed by atoms with Crippen molar-refractivity contribution in [1.82, 2.24) is 14.9 Å². The van der Waals surface area contributed by atoms with Gasteiger partial charge in [-0.3, -0.25) is 4.79 Å². The van der Waals surface area contributed by atoms with E-state index in [1.54, 1.807) is 0 Å². The highest BCUT2D eigenvalue weighted by atomic mass is 35.5. The number of hydrogen-bond donors (Lipinski definition) is 2. The minimum Gasteiger partial charge on any atom is -0.354 e. The molecule has 1 aromatic carbocycles. The van der Waals surface area contributed by atoms with E-state index < -0.39 is 0 Å². The van der Waals surface area contributed by atoms with Crippen LogP contribution in [0.5, 0.6) is 0 Å². The van der Waals surface area contributed by atoms with E-state index in [-0.39, 0.29) is 11.9 Å². The minimum atomic E-state index is -0.264. The first-order valence-electron chi connectivity index (χ1n) is 5.85. The summed E-state index contributed by atoms with van der Waals surface area (Å²) >= 11 is 11.5. The maximum Gasteiger partial charge on any atom is 0.243 e. The summed E-state index contributed by atoms with van der Waals surface area (Å²) in [5.41, 5.74) is 1.68. The smallest absolute Gasteiger partial charge is 0.243 e. The molecule has 0 spiro atoms. The third-order valence-corrected chi connectivity index (χ3v) is 3.86. The van der Waals surface area contributed by atoms with Gasteiger partial charge in [0.15, 0.2) is 4.77 Å². The van der Waals surface area contributed by atoms with Gasteiger partial charge in [-0.05, 0) is 37.2 Å². The van der Waals surface area contributed by atoms with E-state index in [9.17, 15) is 4.79 Å². The third kappa shape index (κ3) is 1.74. The van der Waals surface area contributed by atoms with Gasteiger partial charge in [-0.2, -0.15) is 0 Å². The molecule has 4 nitrogen and oxygen atoms in total. The summed E-state index contributed by atoms with van der Waals surface area (Å²) in [6.07, 6.45) is 1.74. The van der Waals surface area contributed by atoms with Crippen LogP contribution in [0.2, 0.25) is 5.02 Å². The van der Waals surface area contributed by atoms with Crippen LogP contribution in [-0.4, -0.2) is 22.0 Å². The van der Waals surface area contributed by atoms with Crippen LogP contribution in [0, 0.1) is 4.77 Å². The molecular weight excluding hydrogens is 270 g/mol. The predicted octanol–water partition coefficient (Wildman–Crippen LogP) is 2.80. The largest absolute Gasteiger partial charge is 0.354 e. The number of carbonyl (C=O) groups excluding carboxylic acids is 1. The van der Waals surface area contributed by atoms with E-state index in [1.807, 2.05) is 22.8 Å². The Hall–Kier alpha value is -1.33. The first-order chi connectivity index (χ1) is 8.68. The Labute approximate surface area is 114 Å². The molecule has 2 aromatic rings. The molecule has 18 heavy (non-hydrogen) atoms. The number of nitrogens with one attached hydrogen (secondary N) is 2. The molecule has 2 N–H and O–H groups in total. The zero-order valence-electron chi connectivity index (χ0n) is 9.57. The van der Waals surface area contributed by atoms with Crippen LogP contribution in [0.1, 0.15) is 18.9 Å². The highest BCUT2D eigenvalue weighted by Gasteiger charge is 2.26. The number of carbonyl (C=O) groups is 1. The fourth-order valence-corrected chi connectivity index (χ4v) is 3.03. The SMILES string of the molecule is O=C1NCCCC1n1c(=S)[nH]c2cccc(Cl)c21. The number of imidazole rings is 1. The van der Waals surface area contributed by atoms with E-state index in [0.29, 0.717) is 9.79 Å². The van der Waals surface area contributed by atoms with Crippen molar-refractivity contribution in [2.45, 2.75) is 18.9 Å². The summed E-state index contributed by atoms with van der Waals surface area (Å²) in [7, 11) is 0. The lowest BCUT2D eigenvalue weighted by Crippen LogP contribution is -2.37. The summed E-state index contributed by atoms with van der Waals surface area (Å²) < 4.78 is 2.38. The number of para-hydroxylation sites is 1. The lowest BCUT2D eigenvalue weighted by Gasteiger charge is -2.23. The monoisotopic (exact) mass is 281 g/mol. The van der Waals surface area contributed by atoms with Gasteiger partial charge >= 0.3 is 0 Å². The lowest BCUT2D eigenvalue weighted by atomic mass is 10.1. The lowest BCUT2D eigenvalue weighted by molar-refractivity contribution is -0.125. The number of rotatable bonds is 1. The molecule has 6 heteroatoms. The summed E-state index contributed by atoms with van der Waals surface area (Å²) in [6.45, 7) is 0.735. The van der Waals surface area contributed by atoms with Gasteiger partial charge in [-0.25, -0.2) is 0 Å². The maximum absolute atomic E-state index is 12.0. The Balaban J connectivity index is 2.25. The second-order valence-corrected chi connectivity index (χ2v) is 5.18. The van der Waals surface area contributed by atoms with Crippen molar-refractivity contribution < 1.29 is 4.79 Å². The second kappa shape index (κ2) is 4.40. The predicted molar refractivity (Wildman–Crippen MR) is 73.4 cm³/mol. The van der Waals surface area contributed by atoms with Crippen molar-refractivity contribution in [3.63, 3.8) is 0 Å². The van der Waals surface area contributed by atoms with E-state index in [0.717, 1.165) is 30.4 Å². The van der Waals surface area contributed by atoms with Gasteiger partial charge in [0.2, 0.25) is 5.91 Å². The number of benzene rings is 1. The van der Waals surface area contributed by atoms with Gasteiger partial charge in [0.25, 0.3) is 0 Å². The van der Waals surface area contributed by atoms with Crippen molar-refractivity contribution in [1.29, 1.82) is 0 Å². The molecule has 1 unspecified atom stereocenters. The summed E-state index contributed by atoms with van der Waals surface area (Å²) in [6, 6.07) is 5.32. The number of hydrogen-bond acceptors (Lipinski definition) is 2. The average Bonchev–Trinajstić information content (AvgIpc) is 2.68. The maximum atomic E-state index is 12.0. The summed E-state index contributed by atoms with van der Waals surface area (Å²) in [4.78, 5) is 15.1. The Kier molecular flexibility index (Phi) is 2.87. The van der Waals surface area contributed by atoms with Gasteiger partial charge in [-0.15, -0.1) is 0 Å². The molecular formula is C12H12ClN3OS. The number of nitrogens with zero attached hydrogens (tertiary/aromatic N) is 1. The van der Waals surface area contributed by atoms with E-state index in [2.05, 4.69) is 10.3 Å². The van der Waals surface area contributed by atoms with E-state index >= 15 is 0 Å². The Morgan fingerprint density at radius 1 is 1.44 bits per heavy atom. The number of fused-ring (bicyclic) bond motifs is 1. The van der Waals surface area contributed by atoms with Gasteiger partial charge < -0.3 is 14.9 Å². The van der Waals surface area contributed by atoms with Crippen LogP contribution in [0.25, 0.3) is 11.0 Å². The first-order valence-corrected chi connectivity index (χ1v) is 6.63. The molecule has 1 aliphatic heterocycles. The third-order valence-electron chi connectivity index (χ3n) is 3.26. The molecule has 0 aliphatic carbocycles. The average molecular weight is 282 g/mol. The molecule has 0 saturated carbocycles. The number of piperidine rings is 1. The Bertz CT molecular complexity index is 676. The van der Waals surface area contributed by atoms with Gasteiger partial charge in [0, 0.05) is 6.54 Å². The molecule has 1 aromatic heterocycles. The van der Waals surface area contributed by atoms with Crippen LogP contribution in [0.3, 0.4) is 0 Å². The minimum absolute atomic E-state index is 0.0122. The summed E-state index contributed by atoms with van der Waals surface area (Å²) in [5.74, 6) is 0.0122. The van der Waals surface area contributed by atoms with Crippen LogP contribution < -0.4 is 5.32 Å².